The van der Waals surface area contributed by atoms with E-state index in [2.05, 4.69) is 15.9 Å². The summed E-state index contributed by atoms with van der Waals surface area (Å²) in [6, 6.07) is 3.48. The Kier molecular flexibility index (Phi) is 3.54. The van der Waals surface area contributed by atoms with Crippen molar-refractivity contribution >= 4 is 21.8 Å². The third-order valence-corrected chi connectivity index (χ3v) is 2.07. The fourth-order valence-corrected chi connectivity index (χ4v) is 1.50. The minimum Gasteiger partial charge on any atom is -0.456 e. The van der Waals surface area contributed by atoms with Crippen molar-refractivity contribution in [1.29, 1.82) is 0 Å². The molecular formula is C9H12BrNO2. The second-order valence-electron chi connectivity index (χ2n) is 2.83. The Balaban J connectivity index is 2.67. The van der Waals surface area contributed by atoms with Crippen molar-refractivity contribution in [2.45, 2.75) is 6.92 Å². The third-order valence-electron chi connectivity index (χ3n) is 1.72. The smallest absolute Gasteiger partial charge is 0.289 e. The first-order valence-corrected chi connectivity index (χ1v) is 5.15. The molecule has 1 aromatic rings. The van der Waals surface area contributed by atoms with E-state index in [1.807, 2.05) is 6.92 Å². The number of nitrogens with zero attached hydrogens (tertiary/aromatic N) is 1. The van der Waals surface area contributed by atoms with Gasteiger partial charge in [0.25, 0.3) is 5.91 Å². The lowest BCUT2D eigenvalue weighted by Gasteiger charge is -2.13. The molecular weight excluding hydrogens is 234 g/mol. The van der Waals surface area contributed by atoms with E-state index in [0.717, 1.165) is 11.1 Å². The number of carbonyl (C=O) groups excluding carboxylic acids is 1. The molecule has 4 heteroatoms. The Hall–Kier alpha value is -0.770. The molecule has 0 spiro atoms. The molecule has 1 amide bonds. The SMILES string of the molecule is Cc1ccc(C(=O)N(C)CCBr)o1. The van der Waals surface area contributed by atoms with E-state index >= 15 is 0 Å². The Morgan fingerprint density at radius 3 is 2.77 bits per heavy atom. The van der Waals surface area contributed by atoms with Crippen molar-refractivity contribution in [3.8, 4) is 0 Å². The standard InChI is InChI=1S/C9H12BrNO2/c1-7-3-4-8(13-7)9(12)11(2)6-5-10/h3-4H,5-6H2,1-2H3. The largest absolute Gasteiger partial charge is 0.456 e. The first kappa shape index (κ1) is 10.3. The number of aryl methyl sites for hydroxylation is 1. The van der Waals surface area contributed by atoms with Crippen molar-refractivity contribution in [3.05, 3.63) is 23.7 Å². The number of rotatable bonds is 3. The van der Waals surface area contributed by atoms with Gasteiger partial charge < -0.3 is 9.32 Å². The van der Waals surface area contributed by atoms with Crippen molar-refractivity contribution in [1.82, 2.24) is 4.90 Å². The highest BCUT2D eigenvalue weighted by Gasteiger charge is 2.13. The predicted octanol–water partition coefficient (Wildman–Crippen LogP) is 2.05. The molecule has 1 aromatic heterocycles. The Morgan fingerprint density at radius 1 is 1.62 bits per heavy atom. The number of amides is 1. The summed E-state index contributed by atoms with van der Waals surface area (Å²) in [6.07, 6.45) is 0. The van der Waals surface area contributed by atoms with Crippen LogP contribution >= 0.6 is 15.9 Å². The second-order valence-corrected chi connectivity index (χ2v) is 3.62. The van der Waals surface area contributed by atoms with E-state index < -0.39 is 0 Å². The summed E-state index contributed by atoms with van der Waals surface area (Å²) in [5.41, 5.74) is 0. The molecule has 1 heterocycles. The molecule has 0 saturated heterocycles. The predicted molar refractivity (Wildman–Crippen MR) is 54.2 cm³/mol. The van der Waals surface area contributed by atoms with Gasteiger partial charge in [-0.3, -0.25) is 4.79 Å². The van der Waals surface area contributed by atoms with Gasteiger partial charge in [0.15, 0.2) is 5.76 Å². The first-order chi connectivity index (χ1) is 6.15. The summed E-state index contributed by atoms with van der Waals surface area (Å²) >= 11 is 3.27. The van der Waals surface area contributed by atoms with Gasteiger partial charge in [0.05, 0.1) is 0 Å². The normalized spacial score (nSPS) is 10.1. The van der Waals surface area contributed by atoms with Crippen LogP contribution < -0.4 is 0 Å². The first-order valence-electron chi connectivity index (χ1n) is 4.03. The molecule has 0 N–H and O–H groups in total. The highest BCUT2D eigenvalue weighted by molar-refractivity contribution is 9.09. The number of hydrogen-bond donors (Lipinski definition) is 0. The van der Waals surface area contributed by atoms with Gasteiger partial charge in [0.2, 0.25) is 0 Å². The molecule has 0 radical (unpaired) electrons. The van der Waals surface area contributed by atoms with Gasteiger partial charge in [-0.1, -0.05) is 15.9 Å². The zero-order chi connectivity index (χ0) is 9.84. The van der Waals surface area contributed by atoms with Crippen LogP contribution in [-0.2, 0) is 0 Å². The van der Waals surface area contributed by atoms with Crippen LogP contribution in [0.4, 0.5) is 0 Å². The summed E-state index contributed by atoms with van der Waals surface area (Å²) < 4.78 is 5.21. The van der Waals surface area contributed by atoms with Crippen molar-refractivity contribution < 1.29 is 9.21 Å². The molecule has 0 atom stereocenters. The monoisotopic (exact) mass is 245 g/mol. The molecule has 0 fully saturated rings. The Labute approximate surface area is 85.8 Å². The lowest BCUT2D eigenvalue weighted by molar-refractivity contribution is 0.0771. The Bertz CT molecular complexity index is 296. The fourth-order valence-electron chi connectivity index (χ4n) is 0.966. The summed E-state index contributed by atoms with van der Waals surface area (Å²) in [5.74, 6) is 1.09. The van der Waals surface area contributed by atoms with Gasteiger partial charge in [-0.15, -0.1) is 0 Å². The highest BCUT2D eigenvalue weighted by Crippen LogP contribution is 2.08. The van der Waals surface area contributed by atoms with Gasteiger partial charge in [0.1, 0.15) is 5.76 Å². The minimum absolute atomic E-state index is 0.0763. The average Bonchev–Trinajstić information content (AvgIpc) is 2.51. The summed E-state index contributed by atoms with van der Waals surface area (Å²) in [6.45, 7) is 2.50. The number of carbonyl (C=O) groups is 1. The van der Waals surface area contributed by atoms with E-state index in [1.165, 1.54) is 0 Å². The molecule has 0 aliphatic carbocycles. The number of alkyl halides is 1. The van der Waals surface area contributed by atoms with Gasteiger partial charge >= 0.3 is 0 Å². The van der Waals surface area contributed by atoms with E-state index in [1.54, 1.807) is 24.1 Å². The van der Waals surface area contributed by atoms with Crippen LogP contribution in [0.1, 0.15) is 16.3 Å². The molecule has 0 bridgehead atoms. The van der Waals surface area contributed by atoms with E-state index in [9.17, 15) is 4.79 Å². The fraction of sp³-hybridized carbons (Fsp3) is 0.444. The van der Waals surface area contributed by atoms with Gasteiger partial charge in [0, 0.05) is 18.9 Å². The zero-order valence-electron chi connectivity index (χ0n) is 7.71. The van der Waals surface area contributed by atoms with Crippen molar-refractivity contribution in [2.24, 2.45) is 0 Å². The molecule has 0 unspecified atom stereocenters. The topological polar surface area (TPSA) is 33.5 Å². The summed E-state index contributed by atoms with van der Waals surface area (Å²) in [7, 11) is 1.75. The third kappa shape index (κ3) is 2.59. The van der Waals surface area contributed by atoms with E-state index in [-0.39, 0.29) is 5.91 Å². The van der Waals surface area contributed by atoms with Crippen LogP contribution in [0.25, 0.3) is 0 Å². The van der Waals surface area contributed by atoms with Gasteiger partial charge in [-0.2, -0.15) is 0 Å². The maximum absolute atomic E-state index is 11.6. The molecule has 0 aliphatic rings. The van der Waals surface area contributed by atoms with Gasteiger partial charge in [-0.25, -0.2) is 0 Å². The number of halogens is 1. The van der Waals surface area contributed by atoms with Gasteiger partial charge in [-0.05, 0) is 19.1 Å². The molecule has 72 valence electrons. The van der Waals surface area contributed by atoms with Crippen LogP contribution in [0.15, 0.2) is 16.5 Å². The van der Waals surface area contributed by atoms with E-state index in [4.69, 9.17) is 4.42 Å². The Morgan fingerprint density at radius 2 is 2.31 bits per heavy atom. The second kappa shape index (κ2) is 4.46. The average molecular weight is 246 g/mol. The maximum atomic E-state index is 11.6. The molecule has 0 saturated carbocycles. The minimum atomic E-state index is -0.0763. The summed E-state index contributed by atoms with van der Waals surface area (Å²) in [5, 5.41) is 0.773. The molecule has 3 nitrogen and oxygen atoms in total. The number of furan rings is 1. The zero-order valence-corrected chi connectivity index (χ0v) is 9.30. The van der Waals surface area contributed by atoms with E-state index in [0.29, 0.717) is 12.3 Å². The number of hydrogen-bond acceptors (Lipinski definition) is 2. The van der Waals surface area contributed by atoms with Crippen LogP contribution in [-0.4, -0.2) is 29.7 Å². The van der Waals surface area contributed by atoms with Crippen molar-refractivity contribution in [2.75, 3.05) is 18.9 Å². The lowest BCUT2D eigenvalue weighted by Crippen LogP contribution is -2.28. The molecule has 0 aliphatic heterocycles. The summed E-state index contributed by atoms with van der Waals surface area (Å²) in [4.78, 5) is 13.2. The lowest BCUT2D eigenvalue weighted by atomic mass is 10.4. The quantitative estimate of drug-likeness (QED) is 0.765. The van der Waals surface area contributed by atoms with Crippen LogP contribution in [0, 0.1) is 6.92 Å². The maximum Gasteiger partial charge on any atom is 0.289 e. The molecule has 0 aromatic carbocycles. The van der Waals surface area contributed by atoms with Crippen LogP contribution in [0.3, 0.4) is 0 Å². The highest BCUT2D eigenvalue weighted by atomic mass is 79.9. The van der Waals surface area contributed by atoms with Crippen LogP contribution in [0.2, 0.25) is 0 Å². The molecule has 13 heavy (non-hydrogen) atoms. The molecule has 1 rings (SSSR count). The van der Waals surface area contributed by atoms with Crippen LogP contribution in [0.5, 0.6) is 0 Å². The van der Waals surface area contributed by atoms with Crippen molar-refractivity contribution in [3.63, 3.8) is 0 Å².